The summed E-state index contributed by atoms with van der Waals surface area (Å²) in [4.78, 5) is 11.4. The van der Waals surface area contributed by atoms with Gasteiger partial charge in [-0.1, -0.05) is 19.9 Å². The molecule has 0 aliphatic carbocycles. The highest BCUT2D eigenvalue weighted by Gasteiger charge is 2.24. The summed E-state index contributed by atoms with van der Waals surface area (Å²) in [6.07, 6.45) is 3.76. The van der Waals surface area contributed by atoms with E-state index in [0.717, 1.165) is 17.9 Å². The van der Waals surface area contributed by atoms with Crippen LogP contribution in [0.4, 0.5) is 5.69 Å². The highest BCUT2D eigenvalue weighted by Crippen LogP contribution is 2.40. The van der Waals surface area contributed by atoms with Crippen molar-refractivity contribution in [1.82, 2.24) is 9.97 Å². The van der Waals surface area contributed by atoms with Crippen LogP contribution >= 0.6 is 0 Å². The van der Waals surface area contributed by atoms with Crippen molar-refractivity contribution in [3.05, 3.63) is 41.9 Å². The molecule has 3 heteroatoms. The van der Waals surface area contributed by atoms with Crippen LogP contribution in [0, 0.1) is 0 Å². The van der Waals surface area contributed by atoms with Crippen molar-refractivity contribution in [2.24, 2.45) is 0 Å². The van der Waals surface area contributed by atoms with Crippen molar-refractivity contribution in [3.63, 3.8) is 0 Å². The summed E-state index contributed by atoms with van der Waals surface area (Å²) in [6.45, 7) is 5.27. The first-order valence-corrected chi connectivity index (χ1v) is 6.32. The van der Waals surface area contributed by atoms with E-state index in [2.05, 4.69) is 47.9 Å². The van der Waals surface area contributed by atoms with Crippen LogP contribution in [0.5, 0.6) is 0 Å². The Bertz CT molecular complexity index is 590. The van der Waals surface area contributed by atoms with Gasteiger partial charge in [0, 0.05) is 31.5 Å². The van der Waals surface area contributed by atoms with E-state index in [1.54, 1.807) is 0 Å². The molecule has 3 heterocycles. The lowest BCUT2D eigenvalue weighted by Crippen LogP contribution is -2.24. The smallest absolute Gasteiger partial charge is 0.0773 e. The van der Waals surface area contributed by atoms with Crippen LogP contribution < -0.4 is 4.90 Å². The second kappa shape index (κ2) is 4.09. The molecule has 3 rings (SSSR count). The average Bonchev–Trinajstić information content (AvgIpc) is 2.38. The van der Waals surface area contributed by atoms with Gasteiger partial charge in [0.1, 0.15) is 0 Å². The van der Waals surface area contributed by atoms with E-state index >= 15 is 0 Å². The van der Waals surface area contributed by atoms with Gasteiger partial charge in [0.05, 0.1) is 17.1 Å². The number of rotatable bonds is 1. The van der Waals surface area contributed by atoms with Gasteiger partial charge >= 0.3 is 0 Å². The molecule has 0 amide bonds. The molecule has 0 bridgehead atoms. The van der Waals surface area contributed by atoms with Crippen LogP contribution in [-0.2, 0) is 6.54 Å². The fraction of sp³-hybridized carbons (Fsp3) is 0.333. The standard InChI is InChI=1S/C15H17N3/c1-10(2)13-15-12(6-8-17-13)14-11(9-18(15)3)5-4-7-16-14/h4-8,10H,9H2,1-3H3. The molecule has 92 valence electrons. The molecule has 1 aliphatic heterocycles. The van der Waals surface area contributed by atoms with Crippen molar-refractivity contribution in [2.75, 3.05) is 11.9 Å². The lowest BCUT2D eigenvalue weighted by Gasteiger charge is -2.31. The zero-order chi connectivity index (χ0) is 12.7. The highest BCUT2D eigenvalue weighted by molar-refractivity contribution is 5.82. The summed E-state index contributed by atoms with van der Waals surface area (Å²) in [7, 11) is 2.13. The van der Waals surface area contributed by atoms with E-state index in [0.29, 0.717) is 5.92 Å². The minimum absolute atomic E-state index is 0.424. The first-order chi connectivity index (χ1) is 8.68. The summed E-state index contributed by atoms with van der Waals surface area (Å²) >= 11 is 0. The lowest BCUT2D eigenvalue weighted by molar-refractivity contribution is 0.794. The number of fused-ring (bicyclic) bond motifs is 3. The van der Waals surface area contributed by atoms with Gasteiger partial charge in [0.25, 0.3) is 0 Å². The molecular weight excluding hydrogens is 222 g/mol. The van der Waals surface area contributed by atoms with Crippen molar-refractivity contribution in [2.45, 2.75) is 26.3 Å². The van der Waals surface area contributed by atoms with Gasteiger partial charge < -0.3 is 4.90 Å². The monoisotopic (exact) mass is 239 g/mol. The highest BCUT2D eigenvalue weighted by atomic mass is 15.1. The second-order valence-electron chi connectivity index (χ2n) is 5.11. The molecule has 0 N–H and O–H groups in total. The predicted octanol–water partition coefficient (Wildman–Crippen LogP) is 3.22. The van der Waals surface area contributed by atoms with Crippen molar-refractivity contribution in [1.29, 1.82) is 0 Å². The maximum atomic E-state index is 4.55. The number of anilines is 1. The van der Waals surface area contributed by atoms with E-state index in [1.807, 2.05) is 18.5 Å². The van der Waals surface area contributed by atoms with Crippen LogP contribution in [0.25, 0.3) is 11.3 Å². The molecule has 18 heavy (non-hydrogen) atoms. The largest absolute Gasteiger partial charge is 0.368 e. The van der Waals surface area contributed by atoms with Crippen molar-refractivity contribution < 1.29 is 0 Å². The van der Waals surface area contributed by atoms with Gasteiger partial charge in [-0.05, 0) is 23.6 Å². The van der Waals surface area contributed by atoms with Crippen LogP contribution in [0.15, 0.2) is 30.6 Å². The predicted molar refractivity (Wildman–Crippen MR) is 73.7 cm³/mol. The van der Waals surface area contributed by atoms with E-state index in [9.17, 15) is 0 Å². The number of nitrogens with zero attached hydrogens (tertiary/aromatic N) is 3. The minimum atomic E-state index is 0.424. The quantitative estimate of drug-likeness (QED) is 0.765. The van der Waals surface area contributed by atoms with Gasteiger partial charge in [0.15, 0.2) is 0 Å². The topological polar surface area (TPSA) is 29.0 Å². The average molecular weight is 239 g/mol. The maximum absolute atomic E-state index is 4.55. The molecule has 0 radical (unpaired) electrons. The minimum Gasteiger partial charge on any atom is -0.368 e. The third kappa shape index (κ3) is 1.58. The molecule has 0 atom stereocenters. The molecule has 1 aliphatic rings. The summed E-state index contributed by atoms with van der Waals surface area (Å²) in [6, 6.07) is 6.22. The molecule has 0 spiro atoms. The SMILES string of the molecule is CC(C)c1nccc2c1N(C)Cc1cccnc1-2. The second-order valence-corrected chi connectivity index (χ2v) is 5.11. The molecular formula is C15H17N3. The number of hydrogen-bond donors (Lipinski definition) is 0. The van der Waals surface area contributed by atoms with Gasteiger partial charge in [-0.3, -0.25) is 9.97 Å². The first kappa shape index (κ1) is 11.2. The van der Waals surface area contributed by atoms with E-state index in [-0.39, 0.29) is 0 Å². The summed E-state index contributed by atoms with van der Waals surface area (Å²) < 4.78 is 0. The Morgan fingerprint density at radius 2 is 2.00 bits per heavy atom. The van der Waals surface area contributed by atoms with Crippen molar-refractivity contribution >= 4 is 5.69 Å². The molecule has 0 fully saturated rings. The normalized spacial score (nSPS) is 13.4. The van der Waals surface area contributed by atoms with Crippen LogP contribution in [-0.4, -0.2) is 17.0 Å². The summed E-state index contributed by atoms with van der Waals surface area (Å²) in [5.74, 6) is 0.424. The molecule has 0 aromatic carbocycles. The van der Waals surface area contributed by atoms with Gasteiger partial charge in [-0.25, -0.2) is 0 Å². The number of aromatic nitrogens is 2. The van der Waals surface area contributed by atoms with Gasteiger partial charge in [0.2, 0.25) is 0 Å². The molecule has 2 aromatic rings. The van der Waals surface area contributed by atoms with E-state index in [4.69, 9.17) is 0 Å². The molecule has 3 nitrogen and oxygen atoms in total. The van der Waals surface area contributed by atoms with E-state index < -0.39 is 0 Å². The third-order valence-electron chi connectivity index (χ3n) is 3.44. The molecule has 0 saturated carbocycles. The first-order valence-electron chi connectivity index (χ1n) is 6.32. The summed E-state index contributed by atoms with van der Waals surface area (Å²) in [5, 5.41) is 0. The maximum Gasteiger partial charge on any atom is 0.0773 e. The molecule has 0 unspecified atom stereocenters. The van der Waals surface area contributed by atoms with Crippen molar-refractivity contribution in [3.8, 4) is 11.3 Å². The van der Waals surface area contributed by atoms with Gasteiger partial charge in [-0.2, -0.15) is 0 Å². The van der Waals surface area contributed by atoms with E-state index in [1.165, 1.54) is 16.8 Å². The molecule has 2 aromatic heterocycles. The Morgan fingerprint density at radius 1 is 1.17 bits per heavy atom. The fourth-order valence-corrected chi connectivity index (χ4v) is 2.63. The number of hydrogen-bond acceptors (Lipinski definition) is 3. The van der Waals surface area contributed by atoms with Gasteiger partial charge in [-0.15, -0.1) is 0 Å². The lowest BCUT2D eigenvalue weighted by atomic mass is 9.95. The number of pyridine rings is 2. The Balaban J connectivity index is 2.29. The summed E-state index contributed by atoms with van der Waals surface area (Å²) in [5.41, 5.74) is 5.99. The Kier molecular flexibility index (Phi) is 2.54. The molecule has 0 saturated heterocycles. The zero-order valence-corrected chi connectivity index (χ0v) is 11.0. The third-order valence-corrected chi connectivity index (χ3v) is 3.44. The van der Waals surface area contributed by atoms with Crippen LogP contribution in [0.2, 0.25) is 0 Å². The van der Waals surface area contributed by atoms with Crippen LogP contribution in [0.1, 0.15) is 31.0 Å². The zero-order valence-electron chi connectivity index (χ0n) is 11.0. The van der Waals surface area contributed by atoms with Crippen LogP contribution in [0.3, 0.4) is 0 Å². The Morgan fingerprint density at radius 3 is 2.78 bits per heavy atom. The Hall–Kier alpha value is -1.90. The fourth-order valence-electron chi connectivity index (χ4n) is 2.63. The Labute approximate surface area is 108 Å².